The maximum absolute atomic E-state index is 10.0. The van der Waals surface area contributed by atoms with Crippen LogP contribution >= 0.6 is 11.6 Å². The Hall–Kier alpha value is -1.86. The Bertz CT molecular complexity index is 624. The van der Waals surface area contributed by atoms with Gasteiger partial charge in [-0.1, -0.05) is 16.7 Å². The van der Waals surface area contributed by atoms with Crippen LogP contribution in [-0.4, -0.2) is 37.5 Å². The van der Waals surface area contributed by atoms with Crippen LogP contribution in [0.4, 0.5) is 0 Å². The van der Waals surface area contributed by atoms with Crippen LogP contribution < -0.4 is 0 Å². The molecule has 2 atom stereocenters. The monoisotopic (exact) mass is 282 g/mol. The quantitative estimate of drug-likeness (QED) is 0.373. The van der Waals surface area contributed by atoms with Gasteiger partial charge < -0.3 is 10.2 Å². The second-order valence-electron chi connectivity index (χ2n) is 3.87. The fourth-order valence-electron chi connectivity index (χ4n) is 1.67. The van der Waals surface area contributed by atoms with E-state index in [1.165, 1.54) is 10.7 Å². The van der Waals surface area contributed by atoms with Crippen molar-refractivity contribution in [2.45, 2.75) is 18.6 Å². The van der Waals surface area contributed by atoms with Gasteiger partial charge in [-0.2, -0.15) is 5.10 Å². The van der Waals surface area contributed by atoms with Gasteiger partial charge in [-0.05, 0) is 18.0 Å². The highest BCUT2D eigenvalue weighted by Gasteiger charge is 2.22. The van der Waals surface area contributed by atoms with E-state index in [1.807, 2.05) is 0 Å². The largest absolute Gasteiger partial charge is 0.390 e. The summed E-state index contributed by atoms with van der Waals surface area (Å²) in [6.07, 6.45) is 0.924. The Kier molecular flexibility index (Phi) is 4.18. The van der Waals surface area contributed by atoms with Crippen molar-refractivity contribution in [3.63, 3.8) is 0 Å². The number of nitrogens with zero attached hydrogens (tertiary/aromatic N) is 6. The van der Waals surface area contributed by atoms with Crippen molar-refractivity contribution in [2.24, 2.45) is 5.11 Å². The van der Waals surface area contributed by atoms with E-state index in [0.717, 1.165) is 0 Å². The lowest BCUT2D eigenvalue weighted by atomic mass is 10.1. The first-order chi connectivity index (χ1) is 9.13. The van der Waals surface area contributed by atoms with Gasteiger partial charge in [-0.3, -0.25) is 0 Å². The van der Waals surface area contributed by atoms with Crippen molar-refractivity contribution in [1.29, 1.82) is 0 Å². The average Bonchev–Trinajstić information content (AvgIpc) is 2.80. The molecule has 0 aliphatic carbocycles. The first kappa shape index (κ1) is 13.6. The van der Waals surface area contributed by atoms with Crippen LogP contribution in [0.1, 0.15) is 18.1 Å². The first-order valence-corrected chi connectivity index (χ1v) is 5.88. The van der Waals surface area contributed by atoms with E-state index in [9.17, 15) is 10.2 Å². The van der Waals surface area contributed by atoms with Crippen LogP contribution in [0.5, 0.6) is 0 Å². The molecular weight excluding hydrogens is 272 g/mol. The summed E-state index contributed by atoms with van der Waals surface area (Å²) >= 11 is 5.78. The Morgan fingerprint density at radius 1 is 1.53 bits per heavy atom. The molecular formula is C10H11ClN6O2. The van der Waals surface area contributed by atoms with E-state index in [2.05, 4.69) is 20.1 Å². The molecule has 9 heteroatoms. The van der Waals surface area contributed by atoms with E-state index < -0.39 is 12.2 Å². The van der Waals surface area contributed by atoms with Gasteiger partial charge >= 0.3 is 0 Å². The highest BCUT2D eigenvalue weighted by Crippen LogP contribution is 2.23. The van der Waals surface area contributed by atoms with Gasteiger partial charge in [-0.15, -0.1) is 0 Å². The lowest BCUT2D eigenvalue weighted by Gasteiger charge is -2.15. The molecule has 2 aromatic heterocycles. The summed E-state index contributed by atoms with van der Waals surface area (Å²) in [5, 5.41) is 27.4. The molecule has 2 rings (SSSR count). The van der Waals surface area contributed by atoms with Crippen molar-refractivity contribution < 1.29 is 10.2 Å². The van der Waals surface area contributed by atoms with Gasteiger partial charge in [0, 0.05) is 23.2 Å². The molecule has 2 N–H and O–H groups in total. The Morgan fingerprint density at radius 3 is 3.05 bits per heavy atom. The summed E-state index contributed by atoms with van der Waals surface area (Å²) in [6, 6.07) is 1.57. The summed E-state index contributed by atoms with van der Waals surface area (Å²) in [5.41, 5.74) is 8.90. The highest BCUT2D eigenvalue weighted by atomic mass is 35.5. The van der Waals surface area contributed by atoms with Crippen LogP contribution in [0.2, 0.25) is 5.15 Å². The first-order valence-electron chi connectivity index (χ1n) is 5.50. The lowest BCUT2D eigenvalue weighted by Crippen LogP contribution is -2.19. The van der Waals surface area contributed by atoms with Gasteiger partial charge in [0.2, 0.25) is 0 Å². The Morgan fingerprint density at radius 2 is 2.32 bits per heavy atom. The van der Waals surface area contributed by atoms with Crippen molar-refractivity contribution in [1.82, 2.24) is 14.6 Å². The Balaban J connectivity index is 2.23. The molecule has 2 heterocycles. The molecule has 0 fully saturated rings. The molecule has 0 bridgehead atoms. The zero-order valence-electron chi connectivity index (χ0n) is 9.76. The molecule has 0 radical (unpaired) electrons. The zero-order valence-corrected chi connectivity index (χ0v) is 10.5. The Labute approximate surface area is 112 Å². The van der Waals surface area contributed by atoms with Crippen LogP contribution in [-0.2, 0) is 0 Å². The minimum Gasteiger partial charge on any atom is -0.390 e. The average molecular weight is 283 g/mol. The molecule has 0 aliphatic rings. The van der Waals surface area contributed by atoms with Crippen molar-refractivity contribution >= 4 is 17.2 Å². The van der Waals surface area contributed by atoms with Crippen LogP contribution in [0.3, 0.4) is 0 Å². The number of hydrogen-bond acceptors (Lipinski definition) is 5. The normalized spacial score (nSPS) is 14.1. The number of azide groups is 1. The third kappa shape index (κ3) is 2.94. The number of halogens is 1. The second kappa shape index (κ2) is 5.85. The molecule has 100 valence electrons. The van der Waals surface area contributed by atoms with E-state index in [0.29, 0.717) is 11.2 Å². The highest BCUT2D eigenvalue weighted by molar-refractivity contribution is 6.29. The lowest BCUT2D eigenvalue weighted by molar-refractivity contribution is 0.0157. The van der Waals surface area contributed by atoms with E-state index in [-0.39, 0.29) is 18.1 Å². The minimum atomic E-state index is -1.17. The van der Waals surface area contributed by atoms with Crippen LogP contribution in [0, 0.1) is 0 Å². The van der Waals surface area contributed by atoms with Crippen molar-refractivity contribution in [3.8, 4) is 0 Å². The smallest absolute Gasteiger partial charge is 0.162 e. The SMILES string of the molecule is [N-]=[N+]=NCCC(O)C(O)c1cnn2ccc(Cl)nc12. The number of fused-ring (bicyclic) bond motifs is 1. The van der Waals surface area contributed by atoms with E-state index in [4.69, 9.17) is 17.1 Å². The van der Waals surface area contributed by atoms with E-state index in [1.54, 1.807) is 12.3 Å². The predicted molar refractivity (Wildman–Crippen MR) is 67.6 cm³/mol. The summed E-state index contributed by atoms with van der Waals surface area (Å²) < 4.78 is 1.45. The third-order valence-electron chi connectivity index (χ3n) is 2.63. The third-order valence-corrected chi connectivity index (χ3v) is 2.84. The summed E-state index contributed by atoms with van der Waals surface area (Å²) in [5.74, 6) is 0. The second-order valence-corrected chi connectivity index (χ2v) is 4.26. The summed E-state index contributed by atoms with van der Waals surface area (Å²) in [4.78, 5) is 6.63. The number of rotatable bonds is 5. The van der Waals surface area contributed by atoms with Gasteiger partial charge in [0.15, 0.2) is 5.65 Å². The fourth-order valence-corrected chi connectivity index (χ4v) is 1.81. The van der Waals surface area contributed by atoms with Crippen molar-refractivity contribution in [2.75, 3.05) is 6.54 Å². The van der Waals surface area contributed by atoms with Crippen LogP contribution in [0.15, 0.2) is 23.6 Å². The molecule has 8 nitrogen and oxygen atoms in total. The molecule has 0 aliphatic heterocycles. The van der Waals surface area contributed by atoms with Gasteiger partial charge in [-0.25, -0.2) is 9.50 Å². The molecule has 2 aromatic rings. The molecule has 0 saturated heterocycles. The zero-order chi connectivity index (χ0) is 13.8. The number of hydrogen-bond donors (Lipinski definition) is 2. The topological polar surface area (TPSA) is 119 Å². The number of aliphatic hydroxyl groups is 2. The van der Waals surface area contributed by atoms with Crippen molar-refractivity contribution in [3.05, 3.63) is 39.6 Å². The number of aromatic nitrogens is 3. The molecule has 0 aromatic carbocycles. The summed E-state index contributed by atoms with van der Waals surface area (Å²) in [6.45, 7) is 0.0993. The molecule has 0 spiro atoms. The summed E-state index contributed by atoms with van der Waals surface area (Å²) in [7, 11) is 0. The fraction of sp³-hybridized carbons (Fsp3) is 0.400. The van der Waals surface area contributed by atoms with Gasteiger partial charge in [0.05, 0.1) is 12.3 Å². The molecule has 19 heavy (non-hydrogen) atoms. The van der Waals surface area contributed by atoms with Gasteiger partial charge in [0.1, 0.15) is 11.3 Å². The molecule has 0 saturated carbocycles. The molecule has 0 amide bonds. The number of aliphatic hydroxyl groups excluding tert-OH is 2. The standard InChI is InChI=1S/C10H11ClN6O2/c11-8-2-4-17-10(15-8)6(5-14-17)9(19)7(18)1-3-13-16-12/h2,4-5,7,9,18-19H,1,3H2. The van der Waals surface area contributed by atoms with Gasteiger partial charge in [0.25, 0.3) is 0 Å². The maximum Gasteiger partial charge on any atom is 0.162 e. The van der Waals surface area contributed by atoms with Crippen LogP contribution in [0.25, 0.3) is 16.1 Å². The molecule has 2 unspecified atom stereocenters. The predicted octanol–water partition coefficient (Wildman–Crippen LogP) is 1.48. The van der Waals surface area contributed by atoms with E-state index >= 15 is 0 Å². The maximum atomic E-state index is 10.0. The minimum absolute atomic E-state index is 0.0993.